The summed E-state index contributed by atoms with van der Waals surface area (Å²) in [5, 5.41) is 0. The third-order valence-corrected chi connectivity index (χ3v) is 0. The van der Waals surface area contributed by atoms with Gasteiger partial charge in [0.2, 0.25) is 10.4 Å². The third kappa shape index (κ3) is 13500. The van der Waals surface area contributed by atoms with Gasteiger partial charge < -0.3 is 15.8 Å². The first-order chi connectivity index (χ1) is 4.00. The second kappa shape index (κ2) is 5.44. The van der Waals surface area contributed by atoms with Crippen LogP contribution in [0.4, 0.5) is 0 Å². The van der Waals surface area contributed by atoms with Crippen molar-refractivity contribution >= 4 is 10.4 Å². The van der Waals surface area contributed by atoms with Crippen molar-refractivity contribution in [3.63, 3.8) is 0 Å². The van der Waals surface area contributed by atoms with Gasteiger partial charge in [0.25, 0.3) is 0 Å². The lowest BCUT2D eigenvalue weighted by Crippen LogP contribution is -2.67. The first-order valence-electron chi connectivity index (χ1n) is 2.54. The molecule has 0 aromatic carbocycles. The molecule has 6 N–H and O–H groups in total. The second-order valence-corrected chi connectivity index (χ2v) is 3.84. The Kier molecular flexibility index (Phi) is 8.43. The van der Waals surface area contributed by atoms with Crippen LogP contribution in [-0.2, 0) is 10.4 Å². The summed E-state index contributed by atoms with van der Waals surface area (Å²) in [7, 11) is -4.92. The minimum Gasteiger partial charge on any atom is -0.726 e. The van der Waals surface area contributed by atoms with Gasteiger partial charge in [-0.3, -0.25) is 4.55 Å². The highest BCUT2D eigenvalue weighted by atomic mass is 32.3. The Hall–Kier alpha value is -0.210. The van der Waals surface area contributed by atoms with E-state index in [2.05, 4.69) is 26.5 Å². The van der Waals surface area contributed by atoms with Crippen LogP contribution in [0.25, 0.3) is 0 Å². The van der Waals surface area contributed by atoms with Crippen LogP contribution < -0.4 is 5.73 Å². The highest BCUT2D eigenvalue weighted by molar-refractivity contribution is 7.79. The Bertz CT molecular complexity index is 153. The molecule has 7 heteroatoms. The second-order valence-electron chi connectivity index (χ2n) is 2.99. The van der Waals surface area contributed by atoms with Gasteiger partial charge in [-0.2, -0.15) is 0 Å². The molecule has 0 amide bonds. The fourth-order valence-electron chi connectivity index (χ4n) is 0. The quantitative estimate of drug-likeness (QED) is 0.343. The minimum absolute atomic E-state index is 0. The zero-order valence-corrected chi connectivity index (χ0v) is 7.60. The molecule has 0 bridgehead atoms. The van der Waals surface area contributed by atoms with Crippen molar-refractivity contribution in [3.05, 3.63) is 0 Å². The van der Waals surface area contributed by atoms with Crippen LogP contribution >= 0.6 is 0 Å². The largest absolute Gasteiger partial charge is 0.726 e. The predicted octanol–water partition coefficient (Wildman–Crippen LogP) is -1.79. The molecule has 0 atom stereocenters. The van der Waals surface area contributed by atoms with Crippen molar-refractivity contribution in [1.29, 1.82) is 0 Å². The normalized spacial score (nSPS) is 10.7. The minimum atomic E-state index is -4.92. The standard InChI is InChI=1S/C4H11N.H2O4S.H2O/c1-4(2,3)5;1-5(2,3)4;/h5H2,1-3H3;(H2,1,2,3,4);1H2. The number of rotatable bonds is 0. The molecule has 0 saturated carbocycles. The molecule has 0 aliphatic heterocycles. The van der Waals surface area contributed by atoms with Gasteiger partial charge in [-0.1, -0.05) is 0 Å². The molecule has 0 spiro atoms. The fraction of sp³-hybridized carbons (Fsp3) is 1.00. The van der Waals surface area contributed by atoms with E-state index in [0.29, 0.717) is 0 Å². The number of quaternary nitrogens is 1. The molecule has 0 saturated heterocycles. The van der Waals surface area contributed by atoms with Gasteiger partial charge in [0.05, 0.1) is 5.54 Å². The van der Waals surface area contributed by atoms with Gasteiger partial charge in [0.15, 0.2) is 0 Å². The summed E-state index contributed by atoms with van der Waals surface area (Å²) in [5.74, 6) is 0. The summed E-state index contributed by atoms with van der Waals surface area (Å²) in [5.41, 5.74) is 4.02. The molecule has 0 rings (SSSR count). The average molecular weight is 189 g/mol. The lowest BCUT2D eigenvalue weighted by atomic mass is 10.1. The van der Waals surface area contributed by atoms with E-state index in [0.717, 1.165) is 0 Å². The van der Waals surface area contributed by atoms with Gasteiger partial charge in [-0.05, 0) is 20.8 Å². The smallest absolute Gasteiger partial charge is 0.215 e. The first-order valence-corrected chi connectivity index (χ1v) is 3.90. The summed E-state index contributed by atoms with van der Waals surface area (Å²) < 4.78 is 32.8. The maximum absolute atomic E-state index is 8.63. The van der Waals surface area contributed by atoms with E-state index in [4.69, 9.17) is 17.5 Å². The van der Waals surface area contributed by atoms with Gasteiger partial charge in [-0.15, -0.1) is 0 Å². The SMILES string of the molecule is CC(C)(C)[NH3+].O.O=S(=O)([O-])O. The monoisotopic (exact) mass is 189 g/mol. The Morgan fingerprint density at radius 2 is 1.36 bits per heavy atom. The molecule has 11 heavy (non-hydrogen) atoms. The van der Waals surface area contributed by atoms with E-state index in [1.165, 1.54) is 0 Å². The summed E-state index contributed by atoms with van der Waals surface area (Å²) in [4.78, 5) is 0. The van der Waals surface area contributed by atoms with Crippen LogP contribution in [0.2, 0.25) is 0 Å². The Labute approximate surface area is 66.3 Å². The molecular formula is C4H15NO5S. The van der Waals surface area contributed by atoms with Crippen molar-refractivity contribution in [1.82, 2.24) is 0 Å². The maximum Gasteiger partial charge on any atom is 0.215 e. The van der Waals surface area contributed by atoms with Crippen LogP contribution in [0.1, 0.15) is 20.8 Å². The van der Waals surface area contributed by atoms with Gasteiger partial charge in [0, 0.05) is 0 Å². The molecule has 0 radical (unpaired) electrons. The van der Waals surface area contributed by atoms with E-state index in [1.807, 2.05) is 0 Å². The summed E-state index contributed by atoms with van der Waals surface area (Å²) in [6.07, 6.45) is 0. The fourth-order valence-corrected chi connectivity index (χ4v) is 0. The van der Waals surface area contributed by atoms with Gasteiger partial charge in [-0.25, -0.2) is 8.42 Å². The summed E-state index contributed by atoms with van der Waals surface area (Å²) >= 11 is 0. The van der Waals surface area contributed by atoms with E-state index < -0.39 is 10.4 Å². The third-order valence-electron chi connectivity index (χ3n) is 0. The van der Waals surface area contributed by atoms with E-state index >= 15 is 0 Å². The van der Waals surface area contributed by atoms with E-state index in [9.17, 15) is 0 Å². The van der Waals surface area contributed by atoms with Crippen molar-refractivity contribution in [2.24, 2.45) is 0 Å². The topological polar surface area (TPSA) is 137 Å². The van der Waals surface area contributed by atoms with Crippen LogP contribution in [-0.4, -0.2) is 28.5 Å². The molecule has 0 aliphatic carbocycles. The molecule has 0 fully saturated rings. The molecule has 0 heterocycles. The first kappa shape index (κ1) is 17.0. The number of hydrogen-bond donors (Lipinski definition) is 2. The lowest BCUT2D eigenvalue weighted by molar-refractivity contribution is -0.458. The van der Waals surface area contributed by atoms with Gasteiger partial charge >= 0.3 is 0 Å². The molecule has 72 valence electrons. The van der Waals surface area contributed by atoms with E-state index in [-0.39, 0.29) is 11.0 Å². The van der Waals surface area contributed by atoms with Crippen LogP contribution in [0, 0.1) is 0 Å². The average Bonchev–Trinajstić information content (AvgIpc) is 1.12. The van der Waals surface area contributed by atoms with Gasteiger partial charge in [0.1, 0.15) is 0 Å². The number of hydrogen-bond acceptors (Lipinski definition) is 3. The molecule has 0 aliphatic rings. The molecule has 6 nitrogen and oxygen atoms in total. The van der Waals surface area contributed by atoms with Crippen LogP contribution in [0.15, 0.2) is 0 Å². The van der Waals surface area contributed by atoms with Crippen molar-refractivity contribution in [3.8, 4) is 0 Å². The van der Waals surface area contributed by atoms with Crippen molar-refractivity contribution in [2.75, 3.05) is 0 Å². The molecule has 0 unspecified atom stereocenters. The summed E-state index contributed by atoms with van der Waals surface area (Å²) in [6, 6.07) is 0. The van der Waals surface area contributed by atoms with Crippen molar-refractivity contribution in [2.45, 2.75) is 26.3 Å². The van der Waals surface area contributed by atoms with Crippen LogP contribution in [0.3, 0.4) is 0 Å². The van der Waals surface area contributed by atoms with Crippen LogP contribution in [0.5, 0.6) is 0 Å². The zero-order valence-electron chi connectivity index (χ0n) is 6.79. The molecule has 0 aromatic rings. The maximum atomic E-state index is 8.63. The van der Waals surface area contributed by atoms with E-state index in [1.54, 1.807) is 0 Å². The predicted molar refractivity (Wildman–Crippen MR) is 38.6 cm³/mol. The highest BCUT2D eigenvalue weighted by Gasteiger charge is 2.00. The Morgan fingerprint density at radius 1 is 1.36 bits per heavy atom. The molecular weight excluding hydrogens is 174 g/mol. The van der Waals surface area contributed by atoms with Crippen molar-refractivity contribution < 1.29 is 28.7 Å². The zero-order chi connectivity index (χ0) is 9.00. The Morgan fingerprint density at radius 3 is 1.36 bits per heavy atom. The lowest BCUT2D eigenvalue weighted by Gasteiger charge is -2.01. The Balaban J connectivity index is -0.000000107. The molecule has 0 aromatic heterocycles. The summed E-state index contributed by atoms with van der Waals surface area (Å²) in [6.45, 7) is 6.23. The highest BCUT2D eigenvalue weighted by Crippen LogP contribution is 1.84.